The fourth-order valence-electron chi connectivity index (χ4n) is 3.94. The molecule has 0 atom stereocenters. The van der Waals surface area contributed by atoms with Crippen molar-refractivity contribution in [3.8, 4) is 11.5 Å². The first kappa shape index (κ1) is 21.2. The topological polar surface area (TPSA) is 117 Å². The first-order valence-electron chi connectivity index (χ1n) is 11.0. The minimum absolute atomic E-state index is 0.168. The number of carbonyl (C=O) groups is 1. The van der Waals surface area contributed by atoms with Crippen LogP contribution in [0, 0.1) is 0 Å². The number of piperidine rings is 1. The molecule has 4 aromatic rings. The zero-order valence-corrected chi connectivity index (χ0v) is 18.8. The molecule has 1 aliphatic heterocycles. The van der Waals surface area contributed by atoms with E-state index in [2.05, 4.69) is 25.2 Å². The Kier molecular flexibility index (Phi) is 6.07. The molecule has 0 spiro atoms. The number of hydrogen-bond donors (Lipinski definition) is 2. The maximum Gasteiger partial charge on any atom is 0.266 e. The van der Waals surface area contributed by atoms with Crippen LogP contribution in [0.2, 0.25) is 0 Å². The van der Waals surface area contributed by atoms with Gasteiger partial charge >= 0.3 is 0 Å². The van der Waals surface area contributed by atoms with E-state index in [0.717, 1.165) is 42.0 Å². The Labute approximate surface area is 194 Å². The predicted octanol–water partition coefficient (Wildman–Crippen LogP) is 2.80. The standard InChI is InChI=1S/C23H23N7O2S/c31-18-13-26-15(12-27-18)7-9-25-22(32)16-14-33-23-19(16)21(30-10-4-1-5-11-30)28-20(29-23)17-6-2-3-8-24-17/h2-3,6,8,12-14H,1,4-5,7,9-11H2,(H,25,32)(H,27,31). The monoisotopic (exact) mass is 461 g/mol. The lowest BCUT2D eigenvalue weighted by molar-refractivity contribution is 0.0956. The molecule has 0 bridgehead atoms. The summed E-state index contributed by atoms with van der Waals surface area (Å²) in [5.41, 5.74) is 1.76. The number of thiophene rings is 1. The minimum Gasteiger partial charge on any atom is -0.356 e. The largest absolute Gasteiger partial charge is 0.356 e. The van der Waals surface area contributed by atoms with Gasteiger partial charge in [0.15, 0.2) is 5.82 Å². The average molecular weight is 462 g/mol. The number of rotatable bonds is 6. The summed E-state index contributed by atoms with van der Waals surface area (Å²) < 4.78 is 0. The van der Waals surface area contributed by atoms with Crippen LogP contribution in [0.1, 0.15) is 35.3 Å². The molecule has 1 fully saturated rings. The van der Waals surface area contributed by atoms with Crippen LogP contribution in [-0.4, -0.2) is 50.5 Å². The molecule has 0 unspecified atom stereocenters. The first-order chi connectivity index (χ1) is 16.2. The summed E-state index contributed by atoms with van der Waals surface area (Å²) in [5, 5.41) is 5.61. The van der Waals surface area contributed by atoms with E-state index in [9.17, 15) is 9.59 Å². The van der Waals surface area contributed by atoms with Crippen LogP contribution >= 0.6 is 11.3 Å². The van der Waals surface area contributed by atoms with Crippen molar-refractivity contribution in [3.05, 3.63) is 63.8 Å². The fraction of sp³-hybridized carbons (Fsp3) is 0.304. The molecule has 5 rings (SSSR count). The van der Waals surface area contributed by atoms with Crippen LogP contribution in [0.5, 0.6) is 0 Å². The number of H-pyrrole nitrogens is 1. The van der Waals surface area contributed by atoms with Crippen LogP contribution in [0.4, 0.5) is 5.82 Å². The van der Waals surface area contributed by atoms with E-state index < -0.39 is 0 Å². The third-order valence-electron chi connectivity index (χ3n) is 5.60. The van der Waals surface area contributed by atoms with Crippen molar-refractivity contribution in [1.82, 2.24) is 30.2 Å². The Balaban J connectivity index is 1.45. The summed E-state index contributed by atoms with van der Waals surface area (Å²) in [5.74, 6) is 1.20. The summed E-state index contributed by atoms with van der Waals surface area (Å²) in [6.07, 6.45) is 8.46. The number of aromatic nitrogens is 5. The maximum absolute atomic E-state index is 13.1. The molecule has 1 amide bonds. The number of pyridine rings is 1. The van der Waals surface area contributed by atoms with Crippen molar-refractivity contribution in [1.29, 1.82) is 0 Å². The number of anilines is 1. The Bertz CT molecular complexity index is 1310. The molecule has 2 N–H and O–H groups in total. The highest BCUT2D eigenvalue weighted by Crippen LogP contribution is 2.35. The Morgan fingerprint density at radius 2 is 2.03 bits per heavy atom. The van der Waals surface area contributed by atoms with Crippen molar-refractivity contribution in [2.75, 3.05) is 24.5 Å². The van der Waals surface area contributed by atoms with Gasteiger partial charge in [0.1, 0.15) is 16.3 Å². The molecule has 33 heavy (non-hydrogen) atoms. The summed E-state index contributed by atoms with van der Waals surface area (Å²) >= 11 is 1.44. The third-order valence-corrected chi connectivity index (χ3v) is 6.48. The Hall–Kier alpha value is -3.66. The number of carbonyl (C=O) groups excluding carboxylic acids is 1. The molecule has 10 heteroatoms. The SMILES string of the molecule is O=C(NCCc1c[nH]c(=O)cn1)c1csc2nc(-c3ccccn3)nc(N3CCCCC3)c12. The van der Waals surface area contributed by atoms with Gasteiger partial charge in [-0.3, -0.25) is 19.6 Å². The summed E-state index contributed by atoms with van der Waals surface area (Å²) in [7, 11) is 0. The van der Waals surface area contributed by atoms with Gasteiger partial charge < -0.3 is 15.2 Å². The average Bonchev–Trinajstić information content (AvgIpc) is 3.30. The van der Waals surface area contributed by atoms with Crippen molar-refractivity contribution >= 4 is 33.3 Å². The van der Waals surface area contributed by atoms with Gasteiger partial charge in [-0.25, -0.2) is 9.97 Å². The number of amides is 1. The van der Waals surface area contributed by atoms with Crippen molar-refractivity contribution in [2.24, 2.45) is 0 Å². The van der Waals surface area contributed by atoms with Crippen LogP contribution in [-0.2, 0) is 6.42 Å². The Morgan fingerprint density at radius 1 is 1.15 bits per heavy atom. The zero-order chi connectivity index (χ0) is 22.6. The fourth-order valence-corrected chi connectivity index (χ4v) is 4.85. The molecule has 1 saturated heterocycles. The van der Waals surface area contributed by atoms with E-state index in [1.54, 1.807) is 12.4 Å². The van der Waals surface area contributed by atoms with E-state index >= 15 is 0 Å². The van der Waals surface area contributed by atoms with E-state index in [1.165, 1.54) is 24.0 Å². The van der Waals surface area contributed by atoms with Gasteiger partial charge in [-0.15, -0.1) is 11.3 Å². The molecule has 0 aromatic carbocycles. The number of hydrogen-bond acceptors (Lipinski definition) is 8. The van der Waals surface area contributed by atoms with E-state index in [1.807, 2.05) is 23.6 Å². The molecule has 0 saturated carbocycles. The normalized spacial score (nSPS) is 13.9. The number of fused-ring (bicyclic) bond motifs is 1. The lowest BCUT2D eigenvalue weighted by Crippen LogP contribution is -2.31. The first-order valence-corrected chi connectivity index (χ1v) is 11.8. The Morgan fingerprint density at radius 3 is 2.79 bits per heavy atom. The lowest BCUT2D eigenvalue weighted by Gasteiger charge is -2.28. The molecule has 9 nitrogen and oxygen atoms in total. The van der Waals surface area contributed by atoms with Gasteiger partial charge in [0.2, 0.25) is 0 Å². The maximum atomic E-state index is 13.1. The minimum atomic E-state index is -0.247. The molecular formula is C23H23N7O2S. The lowest BCUT2D eigenvalue weighted by atomic mass is 10.1. The highest BCUT2D eigenvalue weighted by molar-refractivity contribution is 7.17. The zero-order valence-electron chi connectivity index (χ0n) is 18.0. The second-order valence-corrected chi connectivity index (χ2v) is 8.73. The molecule has 168 valence electrons. The van der Waals surface area contributed by atoms with Gasteiger partial charge in [0.05, 0.1) is 22.8 Å². The van der Waals surface area contributed by atoms with Gasteiger partial charge in [0.25, 0.3) is 11.5 Å². The molecular weight excluding hydrogens is 438 g/mol. The van der Waals surface area contributed by atoms with Crippen molar-refractivity contribution < 1.29 is 4.79 Å². The van der Waals surface area contributed by atoms with Gasteiger partial charge in [-0.2, -0.15) is 0 Å². The molecule has 0 aliphatic carbocycles. The molecule has 1 aliphatic rings. The molecule has 4 aromatic heterocycles. The number of nitrogens with zero attached hydrogens (tertiary/aromatic N) is 5. The third kappa shape index (κ3) is 4.61. The van der Waals surface area contributed by atoms with Crippen molar-refractivity contribution in [3.63, 3.8) is 0 Å². The van der Waals surface area contributed by atoms with Gasteiger partial charge in [-0.1, -0.05) is 6.07 Å². The highest BCUT2D eigenvalue weighted by Gasteiger charge is 2.24. The van der Waals surface area contributed by atoms with Crippen LogP contribution in [0.15, 0.2) is 47.0 Å². The smallest absolute Gasteiger partial charge is 0.266 e. The summed E-state index contributed by atoms with van der Waals surface area (Å²) in [6, 6.07) is 5.68. The van der Waals surface area contributed by atoms with E-state index in [-0.39, 0.29) is 11.5 Å². The van der Waals surface area contributed by atoms with Crippen LogP contribution in [0.3, 0.4) is 0 Å². The highest BCUT2D eigenvalue weighted by atomic mass is 32.1. The second-order valence-electron chi connectivity index (χ2n) is 7.87. The van der Waals surface area contributed by atoms with Gasteiger partial charge in [-0.05, 0) is 31.4 Å². The summed E-state index contributed by atoms with van der Waals surface area (Å²) in [6.45, 7) is 2.21. The summed E-state index contributed by atoms with van der Waals surface area (Å²) in [4.78, 5) is 48.0. The number of aromatic amines is 1. The number of nitrogens with one attached hydrogen (secondary N) is 2. The quantitative estimate of drug-likeness (QED) is 0.453. The molecule has 0 radical (unpaired) electrons. The van der Waals surface area contributed by atoms with E-state index in [0.29, 0.717) is 35.7 Å². The van der Waals surface area contributed by atoms with Crippen LogP contribution in [0.25, 0.3) is 21.7 Å². The molecule has 5 heterocycles. The van der Waals surface area contributed by atoms with Crippen LogP contribution < -0.4 is 15.8 Å². The van der Waals surface area contributed by atoms with E-state index in [4.69, 9.17) is 9.97 Å². The second kappa shape index (κ2) is 9.45. The van der Waals surface area contributed by atoms with Gasteiger partial charge in [0, 0.05) is 43.8 Å². The predicted molar refractivity (Wildman–Crippen MR) is 128 cm³/mol. The van der Waals surface area contributed by atoms with Crippen molar-refractivity contribution in [2.45, 2.75) is 25.7 Å².